The Kier molecular flexibility index (Phi) is 9.16. The number of carboxylic acids is 1. The van der Waals surface area contributed by atoms with Crippen molar-refractivity contribution in [3.63, 3.8) is 0 Å². The summed E-state index contributed by atoms with van der Waals surface area (Å²) in [5.41, 5.74) is 2.51. The van der Waals surface area contributed by atoms with Gasteiger partial charge in [0.05, 0.1) is 19.3 Å². The highest BCUT2D eigenvalue weighted by Gasteiger charge is 2.33. The Balaban J connectivity index is 1.04. The highest BCUT2D eigenvalue weighted by atomic mass is 16.5. The summed E-state index contributed by atoms with van der Waals surface area (Å²) >= 11 is 0. The number of fused-ring (bicyclic) bond motifs is 1. The average Bonchev–Trinajstić information content (AvgIpc) is 2.98. The summed E-state index contributed by atoms with van der Waals surface area (Å²) in [6, 6.07) is 15.9. The maximum atomic E-state index is 12.9. The van der Waals surface area contributed by atoms with Gasteiger partial charge in [0.1, 0.15) is 5.75 Å². The predicted molar refractivity (Wildman–Crippen MR) is 151 cm³/mol. The number of carbonyl (C=O) groups is 2. The minimum atomic E-state index is -0.994. The van der Waals surface area contributed by atoms with Crippen LogP contribution in [-0.2, 0) is 9.53 Å². The number of carboxylic acid groups (broad SMARTS) is 1. The quantitative estimate of drug-likeness (QED) is 0.383. The number of ether oxygens (including phenoxy) is 2. The second-order valence-electron chi connectivity index (χ2n) is 10.6. The lowest BCUT2D eigenvalue weighted by atomic mass is 9.90. The molecule has 1 amide bonds. The molecule has 1 N–H and O–H groups in total. The fourth-order valence-corrected chi connectivity index (χ4v) is 5.92. The van der Waals surface area contributed by atoms with E-state index in [2.05, 4.69) is 21.9 Å². The van der Waals surface area contributed by atoms with Crippen LogP contribution >= 0.6 is 0 Å². The first-order valence-electron chi connectivity index (χ1n) is 14.2. The summed E-state index contributed by atoms with van der Waals surface area (Å²) in [5.74, 6) is -0.0957. The minimum Gasteiger partial charge on any atom is -0.494 e. The lowest BCUT2D eigenvalue weighted by molar-refractivity contribution is -0.131. The number of anilines is 1. The maximum Gasteiger partial charge on any atom is 0.328 e. The maximum absolute atomic E-state index is 12.9. The number of carbonyl (C=O) groups excluding carboxylic acids is 1. The molecule has 3 aliphatic rings. The Hall–Kier alpha value is -3.36. The Morgan fingerprint density at radius 3 is 2.44 bits per heavy atom. The Bertz CT molecular complexity index is 1120. The van der Waals surface area contributed by atoms with E-state index >= 15 is 0 Å². The van der Waals surface area contributed by atoms with E-state index in [1.807, 2.05) is 17.0 Å². The largest absolute Gasteiger partial charge is 0.494 e. The van der Waals surface area contributed by atoms with Crippen LogP contribution in [0.1, 0.15) is 48.0 Å². The van der Waals surface area contributed by atoms with Gasteiger partial charge in [0.15, 0.2) is 0 Å². The SMILES string of the molecule is O=C(O)/C=C/c1ccc(C(=O)N2CCN(c3ccc(OCCCN4CCOC5CCCCC54)cc3)CC2)cc1. The van der Waals surface area contributed by atoms with Crippen molar-refractivity contribution in [1.82, 2.24) is 9.80 Å². The molecule has 208 valence electrons. The summed E-state index contributed by atoms with van der Waals surface area (Å²) in [7, 11) is 0. The van der Waals surface area contributed by atoms with Crippen molar-refractivity contribution < 1.29 is 24.2 Å². The summed E-state index contributed by atoms with van der Waals surface area (Å²) in [6.45, 7) is 6.52. The smallest absolute Gasteiger partial charge is 0.328 e. The highest BCUT2D eigenvalue weighted by Crippen LogP contribution is 2.28. The molecule has 2 unspecified atom stereocenters. The van der Waals surface area contributed by atoms with E-state index in [9.17, 15) is 9.59 Å². The molecule has 2 aliphatic heterocycles. The molecule has 2 atom stereocenters. The van der Waals surface area contributed by atoms with Crippen molar-refractivity contribution in [1.29, 1.82) is 0 Å². The zero-order valence-electron chi connectivity index (χ0n) is 22.5. The first-order valence-corrected chi connectivity index (χ1v) is 14.2. The van der Waals surface area contributed by atoms with E-state index in [-0.39, 0.29) is 5.91 Å². The molecule has 0 radical (unpaired) electrons. The first kappa shape index (κ1) is 27.2. The molecule has 8 heteroatoms. The van der Waals surface area contributed by atoms with Gasteiger partial charge in [-0.05, 0) is 67.3 Å². The number of piperazine rings is 1. The molecule has 3 fully saturated rings. The summed E-state index contributed by atoms with van der Waals surface area (Å²) in [6.07, 6.45) is 9.14. The van der Waals surface area contributed by atoms with Crippen LogP contribution in [-0.4, -0.2) is 91.4 Å². The average molecular weight is 534 g/mol. The number of morpholine rings is 1. The van der Waals surface area contributed by atoms with E-state index in [0.29, 0.717) is 37.4 Å². The second kappa shape index (κ2) is 13.1. The molecule has 5 rings (SSSR count). The van der Waals surface area contributed by atoms with Crippen LogP contribution in [0.2, 0.25) is 0 Å². The topological polar surface area (TPSA) is 82.5 Å². The van der Waals surface area contributed by atoms with Crippen LogP contribution in [0.15, 0.2) is 54.6 Å². The fraction of sp³-hybridized carbons (Fsp3) is 0.484. The molecule has 8 nitrogen and oxygen atoms in total. The van der Waals surface area contributed by atoms with Crippen molar-refractivity contribution in [2.45, 2.75) is 44.2 Å². The number of hydrogen-bond acceptors (Lipinski definition) is 6. The zero-order valence-corrected chi connectivity index (χ0v) is 22.5. The molecule has 0 aromatic heterocycles. The molecule has 0 bridgehead atoms. The van der Waals surface area contributed by atoms with Crippen molar-refractivity contribution in [3.8, 4) is 5.75 Å². The molecular formula is C31H39N3O5. The highest BCUT2D eigenvalue weighted by molar-refractivity contribution is 5.94. The van der Waals surface area contributed by atoms with E-state index < -0.39 is 5.97 Å². The van der Waals surface area contributed by atoms with Crippen LogP contribution < -0.4 is 9.64 Å². The van der Waals surface area contributed by atoms with Gasteiger partial charge in [-0.15, -0.1) is 0 Å². The fourth-order valence-electron chi connectivity index (χ4n) is 5.92. The van der Waals surface area contributed by atoms with Gasteiger partial charge in [-0.25, -0.2) is 4.79 Å². The number of amides is 1. The van der Waals surface area contributed by atoms with Gasteiger partial charge < -0.3 is 24.4 Å². The third-order valence-electron chi connectivity index (χ3n) is 8.05. The normalized spacial score (nSPS) is 22.1. The van der Waals surface area contributed by atoms with Gasteiger partial charge in [0.2, 0.25) is 0 Å². The molecule has 1 aliphatic carbocycles. The predicted octanol–water partition coefficient (Wildman–Crippen LogP) is 4.16. The third-order valence-corrected chi connectivity index (χ3v) is 8.05. The van der Waals surface area contributed by atoms with Crippen molar-refractivity contribution in [3.05, 3.63) is 65.7 Å². The van der Waals surface area contributed by atoms with Crippen LogP contribution in [0.25, 0.3) is 6.08 Å². The standard InChI is InChI=1S/C31H39N3O5/c35-30(36)15-8-24-6-9-25(10-7-24)31(37)34-19-17-32(18-20-34)26-11-13-27(14-12-26)38-22-3-16-33-21-23-39-29-5-2-1-4-28(29)33/h6-15,28-29H,1-5,16-23H2,(H,35,36)/b15-8+. The van der Waals surface area contributed by atoms with Crippen LogP contribution in [0.5, 0.6) is 5.75 Å². The molecule has 2 heterocycles. The lowest BCUT2D eigenvalue weighted by Crippen LogP contribution is -2.52. The van der Waals surface area contributed by atoms with Gasteiger partial charge >= 0.3 is 5.97 Å². The summed E-state index contributed by atoms with van der Waals surface area (Å²) in [4.78, 5) is 30.4. The van der Waals surface area contributed by atoms with Crippen LogP contribution in [0.3, 0.4) is 0 Å². The lowest BCUT2D eigenvalue weighted by Gasteiger charge is -2.43. The van der Waals surface area contributed by atoms with Gasteiger partial charge in [0.25, 0.3) is 5.91 Å². The van der Waals surface area contributed by atoms with Crippen molar-refractivity contribution in [2.75, 3.05) is 57.4 Å². The third kappa shape index (κ3) is 7.19. The number of rotatable bonds is 9. The molecule has 0 spiro atoms. The number of hydrogen-bond donors (Lipinski definition) is 1. The summed E-state index contributed by atoms with van der Waals surface area (Å²) < 4.78 is 12.0. The second-order valence-corrected chi connectivity index (χ2v) is 10.6. The first-order chi connectivity index (χ1) is 19.1. The summed E-state index contributed by atoms with van der Waals surface area (Å²) in [5, 5.41) is 8.76. The molecular weight excluding hydrogens is 494 g/mol. The Labute approximate surface area is 230 Å². The van der Waals surface area contributed by atoms with Crippen molar-refractivity contribution in [2.24, 2.45) is 0 Å². The van der Waals surface area contributed by atoms with Crippen LogP contribution in [0.4, 0.5) is 5.69 Å². The van der Waals surface area contributed by atoms with Gasteiger partial charge in [-0.2, -0.15) is 0 Å². The Morgan fingerprint density at radius 2 is 1.69 bits per heavy atom. The number of aliphatic carboxylic acids is 1. The van der Waals surface area contributed by atoms with E-state index in [0.717, 1.165) is 62.3 Å². The van der Waals surface area contributed by atoms with Gasteiger partial charge in [0, 0.05) is 62.6 Å². The Morgan fingerprint density at radius 1 is 0.949 bits per heavy atom. The van der Waals surface area contributed by atoms with Gasteiger partial charge in [-0.1, -0.05) is 25.0 Å². The monoisotopic (exact) mass is 533 g/mol. The van der Waals surface area contributed by atoms with E-state index in [1.54, 1.807) is 24.3 Å². The van der Waals surface area contributed by atoms with Crippen molar-refractivity contribution >= 4 is 23.6 Å². The molecule has 39 heavy (non-hydrogen) atoms. The minimum absolute atomic E-state index is 0.00301. The van der Waals surface area contributed by atoms with Gasteiger partial charge in [-0.3, -0.25) is 9.69 Å². The van der Waals surface area contributed by atoms with E-state index in [1.165, 1.54) is 31.8 Å². The van der Waals surface area contributed by atoms with Crippen LogP contribution in [0, 0.1) is 0 Å². The zero-order chi connectivity index (χ0) is 27.0. The molecule has 2 aromatic carbocycles. The number of nitrogens with zero attached hydrogens (tertiary/aromatic N) is 3. The van der Waals surface area contributed by atoms with E-state index in [4.69, 9.17) is 14.6 Å². The number of benzene rings is 2. The molecule has 1 saturated carbocycles. The molecule has 2 aromatic rings. The molecule has 2 saturated heterocycles.